The lowest BCUT2D eigenvalue weighted by Crippen LogP contribution is -2.11. The highest BCUT2D eigenvalue weighted by Gasteiger charge is 2.08. The van der Waals surface area contributed by atoms with Crippen molar-refractivity contribution >= 4 is 35.6 Å². The molecule has 0 atom stereocenters. The second-order valence-electron chi connectivity index (χ2n) is 4.94. The molecule has 0 bridgehead atoms. The standard InChI is InChI=1S/C14H11BN6/c15-12-7-17-13-14(18-12)21(20-19-13)8-9-3-4-11-10(6-9)2-1-5-16-11/h1-7H,8,15H2. The highest BCUT2D eigenvalue weighted by atomic mass is 15.4. The summed E-state index contributed by atoms with van der Waals surface area (Å²) in [4.78, 5) is 13.0. The van der Waals surface area contributed by atoms with Crippen molar-refractivity contribution in [1.29, 1.82) is 0 Å². The van der Waals surface area contributed by atoms with Gasteiger partial charge in [0.25, 0.3) is 0 Å². The number of rotatable bonds is 2. The van der Waals surface area contributed by atoms with E-state index in [2.05, 4.69) is 37.4 Å². The molecule has 0 amide bonds. The lowest BCUT2D eigenvalue weighted by atomic mass is 10.1. The van der Waals surface area contributed by atoms with E-state index in [9.17, 15) is 0 Å². The van der Waals surface area contributed by atoms with Crippen LogP contribution in [0.15, 0.2) is 42.7 Å². The quantitative estimate of drug-likeness (QED) is 0.484. The van der Waals surface area contributed by atoms with Crippen LogP contribution in [0.2, 0.25) is 0 Å². The topological polar surface area (TPSA) is 69.4 Å². The van der Waals surface area contributed by atoms with Crippen LogP contribution in [-0.4, -0.2) is 37.8 Å². The number of aromatic nitrogens is 6. The largest absolute Gasteiger partial charge is 0.256 e. The minimum absolute atomic E-state index is 0.572. The summed E-state index contributed by atoms with van der Waals surface area (Å²) < 4.78 is 1.77. The van der Waals surface area contributed by atoms with E-state index < -0.39 is 0 Å². The van der Waals surface area contributed by atoms with E-state index in [1.807, 2.05) is 26.0 Å². The number of hydrogen-bond acceptors (Lipinski definition) is 5. The van der Waals surface area contributed by atoms with Gasteiger partial charge in [-0.1, -0.05) is 17.3 Å². The summed E-state index contributed by atoms with van der Waals surface area (Å²) >= 11 is 0. The second-order valence-corrected chi connectivity index (χ2v) is 4.94. The summed E-state index contributed by atoms with van der Waals surface area (Å²) in [5, 5.41) is 9.30. The first kappa shape index (κ1) is 12.0. The monoisotopic (exact) mass is 274 g/mol. The van der Waals surface area contributed by atoms with E-state index in [0.29, 0.717) is 17.8 Å². The first-order valence-electron chi connectivity index (χ1n) is 6.66. The van der Waals surface area contributed by atoms with Crippen molar-refractivity contribution in [2.75, 3.05) is 0 Å². The first-order chi connectivity index (χ1) is 10.3. The van der Waals surface area contributed by atoms with Gasteiger partial charge in [-0.25, -0.2) is 14.6 Å². The number of hydrogen-bond donors (Lipinski definition) is 0. The Morgan fingerprint density at radius 2 is 2.10 bits per heavy atom. The minimum atomic E-state index is 0.572. The molecule has 0 unspecified atom stereocenters. The maximum Gasteiger partial charge on any atom is 0.221 e. The van der Waals surface area contributed by atoms with Crippen LogP contribution >= 0.6 is 0 Å². The van der Waals surface area contributed by atoms with Gasteiger partial charge in [-0.3, -0.25) is 4.98 Å². The van der Waals surface area contributed by atoms with E-state index in [1.165, 1.54) is 0 Å². The molecule has 0 saturated heterocycles. The lowest BCUT2D eigenvalue weighted by molar-refractivity contribution is 0.665. The van der Waals surface area contributed by atoms with Crippen molar-refractivity contribution in [1.82, 2.24) is 29.9 Å². The van der Waals surface area contributed by atoms with Crippen molar-refractivity contribution in [3.63, 3.8) is 0 Å². The van der Waals surface area contributed by atoms with Crippen LogP contribution in [0, 0.1) is 0 Å². The van der Waals surface area contributed by atoms with Gasteiger partial charge >= 0.3 is 0 Å². The average molecular weight is 274 g/mol. The van der Waals surface area contributed by atoms with E-state index in [0.717, 1.165) is 22.1 Å². The van der Waals surface area contributed by atoms with E-state index >= 15 is 0 Å². The van der Waals surface area contributed by atoms with Crippen molar-refractivity contribution in [3.8, 4) is 0 Å². The Balaban J connectivity index is 1.77. The molecule has 100 valence electrons. The van der Waals surface area contributed by atoms with E-state index in [1.54, 1.807) is 17.1 Å². The zero-order valence-corrected chi connectivity index (χ0v) is 11.4. The van der Waals surface area contributed by atoms with Crippen molar-refractivity contribution in [3.05, 3.63) is 48.3 Å². The molecule has 0 aliphatic heterocycles. The normalized spacial score (nSPS) is 11.2. The molecule has 6 nitrogen and oxygen atoms in total. The minimum Gasteiger partial charge on any atom is -0.256 e. The average Bonchev–Trinajstić information content (AvgIpc) is 2.89. The summed E-state index contributed by atoms with van der Waals surface area (Å²) in [5.74, 6) is 0. The summed E-state index contributed by atoms with van der Waals surface area (Å²) in [5.41, 5.74) is 4.25. The fourth-order valence-electron chi connectivity index (χ4n) is 2.34. The van der Waals surface area contributed by atoms with Crippen LogP contribution in [0.1, 0.15) is 5.56 Å². The van der Waals surface area contributed by atoms with Gasteiger partial charge in [0.2, 0.25) is 5.65 Å². The van der Waals surface area contributed by atoms with Crippen molar-refractivity contribution in [2.24, 2.45) is 0 Å². The van der Waals surface area contributed by atoms with Crippen LogP contribution in [0.5, 0.6) is 0 Å². The SMILES string of the molecule is Bc1cnc2nnn(Cc3ccc4ncccc4c3)c2n1. The molecular weight excluding hydrogens is 263 g/mol. The zero-order valence-electron chi connectivity index (χ0n) is 11.4. The molecule has 4 rings (SSSR count). The van der Waals surface area contributed by atoms with Gasteiger partial charge in [0.15, 0.2) is 13.5 Å². The third kappa shape index (κ3) is 2.12. The first-order valence-corrected chi connectivity index (χ1v) is 6.66. The molecule has 3 heterocycles. The third-order valence-electron chi connectivity index (χ3n) is 3.35. The Kier molecular flexibility index (Phi) is 2.63. The number of nitrogens with zero attached hydrogens (tertiary/aromatic N) is 6. The van der Waals surface area contributed by atoms with Crippen LogP contribution in [-0.2, 0) is 6.54 Å². The molecule has 3 aromatic heterocycles. The fraction of sp³-hybridized carbons (Fsp3) is 0.0714. The molecule has 21 heavy (non-hydrogen) atoms. The zero-order chi connectivity index (χ0) is 14.2. The van der Waals surface area contributed by atoms with Crippen LogP contribution in [0.25, 0.3) is 22.2 Å². The van der Waals surface area contributed by atoms with Gasteiger partial charge < -0.3 is 0 Å². The molecule has 0 N–H and O–H groups in total. The predicted octanol–water partition coefficient (Wildman–Crippen LogP) is 0.0762. The van der Waals surface area contributed by atoms with Crippen LogP contribution in [0.4, 0.5) is 0 Å². The summed E-state index contributed by atoms with van der Waals surface area (Å²) in [7, 11) is 1.91. The Morgan fingerprint density at radius 3 is 3.05 bits per heavy atom. The molecule has 0 aliphatic rings. The Labute approximate surface area is 121 Å². The Hall–Kier alpha value is -2.83. The molecule has 4 aromatic rings. The van der Waals surface area contributed by atoms with Crippen LogP contribution in [0.3, 0.4) is 0 Å². The molecule has 0 radical (unpaired) electrons. The molecule has 0 aliphatic carbocycles. The van der Waals surface area contributed by atoms with E-state index in [4.69, 9.17) is 0 Å². The van der Waals surface area contributed by atoms with Gasteiger partial charge in [-0.2, -0.15) is 0 Å². The smallest absolute Gasteiger partial charge is 0.221 e. The Bertz CT molecular complexity index is 948. The maximum absolute atomic E-state index is 4.46. The van der Waals surface area contributed by atoms with Crippen molar-refractivity contribution in [2.45, 2.75) is 6.54 Å². The lowest BCUT2D eigenvalue weighted by Gasteiger charge is -2.04. The third-order valence-corrected chi connectivity index (χ3v) is 3.35. The van der Waals surface area contributed by atoms with Crippen LogP contribution < -0.4 is 5.59 Å². The van der Waals surface area contributed by atoms with Crippen molar-refractivity contribution < 1.29 is 0 Å². The summed E-state index contributed by atoms with van der Waals surface area (Å²) in [6, 6.07) is 10.2. The molecule has 0 saturated carbocycles. The molecule has 7 heteroatoms. The molecule has 0 fully saturated rings. The number of pyridine rings is 1. The van der Waals surface area contributed by atoms with Gasteiger partial charge in [0.05, 0.1) is 12.1 Å². The van der Waals surface area contributed by atoms with Gasteiger partial charge in [0, 0.05) is 23.4 Å². The number of benzene rings is 1. The summed E-state index contributed by atoms with van der Waals surface area (Å²) in [6.45, 7) is 0.611. The predicted molar refractivity (Wildman–Crippen MR) is 82.1 cm³/mol. The summed E-state index contributed by atoms with van der Waals surface area (Å²) in [6.07, 6.45) is 3.49. The van der Waals surface area contributed by atoms with Gasteiger partial charge in [-0.15, -0.1) is 5.10 Å². The fourth-order valence-corrected chi connectivity index (χ4v) is 2.34. The molecule has 0 spiro atoms. The Morgan fingerprint density at radius 1 is 1.14 bits per heavy atom. The second kappa shape index (κ2) is 4.62. The maximum atomic E-state index is 4.46. The molecule has 1 aromatic carbocycles. The van der Waals surface area contributed by atoms with Gasteiger partial charge in [-0.05, 0) is 23.8 Å². The highest BCUT2D eigenvalue weighted by molar-refractivity contribution is 6.30. The van der Waals surface area contributed by atoms with E-state index in [-0.39, 0.29) is 0 Å². The van der Waals surface area contributed by atoms with Gasteiger partial charge in [0.1, 0.15) is 0 Å². The number of fused-ring (bicyclic) bond motifs is 2. The highest BCUT2D eigenvalue weighted by Crippen LogP contribution is 2.15. The molecular formula is C14H11BN6.